The summed E-state index contributed by atoms with van der Waals surface area (Å²) >= 11 is 0. The first kappa shape index (κ1) is 17.7. The smallest absolute Gasteiger partial charge is 0.307 e. The SMILES string of the molecule is COc1ccc(CC(=O)O)cc1S(=O)(=O)N[C@@H]1CCCC[C@H]1F. The Balaban J connectivity index is 2.31. The fraction of sp³-hybridized carbons (Fsp3) is 0.533. The van der Waals surface area contributed by atoms with Crippen molar-refractivity contribution in [1.29, 1.82) is 0 Å². The predicted molar refractivity (Wildman–Crippen MR) is 81.8 cm³/mol. The van der Waals surface area contributed by atoms with E-state index in [-0.39, 0.29) is 17.1 Å². The van der Waals surface area contributed by atoms with Crippen LogP contribution in [-0.2, 0) is 21.2 Å². The lowest BCUT2D eigenvalue weighted by Crippen LogP contribution is -2.43. The van der Waals surface area contributed by atoms with E-state index in [0.29, 0.717) is 18.4 Å². The highest BCUT2D eigenvalue weighted by atomic mass is 32.2. The van der Waals surface area contributed by atoms with E-state index in [1.54, 1.807) is 0 Å². The Morgan fingerprint density at radius 1 is 1.39 bits per heavy atom. The molecule has 1 aliphatic rings. The molecule has 1 aliphatic carbocycles. The largest absolute Gasteiger partial charge is 0.495 e. The molecule has 2 N–H and O–H groups in total. The van der Waals surface area contributed by atoms with Crippen LogP contribution in [0.15, 0.2) is 23.1 Å². The summed E-state index contributed by atoms with van der Waals surface area (Å²) in [6, 6.07) is 3.39. The van der Waals surface area contributed by atoms with Crippen LogP contribution in [-0.4, -0.2) is 38.8 Å². The van der Waals surface area contributed by atoms with Crippen LogP contribution < -0.4 is 9.46 Å². The van der Waals surface area contributed by atoms with Gasteiger partial charge in [-0.3, -0.25) is 4.79 Å². The van der Waals surface area contributed by atoms with Crippen molar-refractivity contribution in [2.45, 2.75) is 49.2 Å². The molecular formula is C15H20FNO5S. The van der Waals surface area contributed by atoms with Crippen molar-refractivity contribution >= 4 is 16.0 Å². The van der Waals surface area contributed by atoms with Crippen LogP contribution in [0.5, 0.6) is 5.75 Å². The molecule has 2 rings (SSSR count). The number of rotatable bonds is 6. The molecule has 0 radical (unpaired) electrons. The van der Waals surface area contributed by atoms with Gasteiger partial charge in [0.05, 0.1) is 19.6 Å². The Morgan fingerprint density at radius 2 is 2.09 bits per heavy atom. The van der Waals surface area contributed by atoms with E-state index >= 15 is 0 Å². The second-order valence-electron chi connectivity index (χ2n) is 5.58. The molecule has 23 heavy (non-hydrogen) atoms. The minimum Gasteiger partial charge on any atom is -0.495 e. The lowest BCUT2D eigenvalue weighted by atomic mass is 9.95. The van der Waals surface area contributed by atoms with Crippen LogP contribution in [0.3, 0.4) is 0 Å². The number of alkyl halides is 1. The first-order valence-electron chi connectivity index (χ1n) is 7.38. The van der Waals surface area contributed by atoms with Crippen molar-refractivity contribution in [3.63, 3.8) is 0 Å². The third-order valence-corrected chi connectivity index (χ3v) is 5.37. The number of hydrogen-bond donors (Lipinski definition) is 2. The van der Waals surface area contributed by atoms with Gasteiger partial charge in [0.15, 0.2) is 0 Å². The van der Waals surface area contributed by atoms with E-state index < -0.39 is 28.2 Å². The molecular weight excluding hydrogens is 325 g/mol. The number of aliphatic carboxylic acids is 1. The maximum absolute atomic E-state index is 13.9. The number of sulfonamides is 1. The van der Waals surface area contributed by atoms with Crippen LogP contribution in [0, 0.1) is 0 Å². The number of carboxylic acid groups (broad SMARTS) is 1. The summed E-state index contributed by atoms with van der Waals surface area (Å²) in [4.78, 5) is 10.6. The molecule has 1 saturated carbocycles. The lowest BCUT2D eigenvalue weighted by Gasteiger charge is -2.26. The van der Waals surface area contributed by atoms with Gasteiger partial charge in [0.2, 0.25) is 10.0 Å². The molecule has 0 unspecified atom stereocenters. The lowest BCUT2D eigenvalue weighted by molar-refractivity contribution is -0.136. The number of methoxy groups -OCH3 is 1. The minimum absolute atomic E-state index is 0.0952. The van der Waals surface area contributed by atoms with Gasteiger partial charge in [-0.2, -0.15) is 0 Å². The number of carboxylic acids is 1. The second-order valence-corrected chi connectivity index (χ2v) is 7.27. The number of nitrogens with one attached hydrogen (secondary N) is 1. The molecule has 6 nitrogen and oxygen atoms in total. The van der Waals surface area contributed by atoms with Crippen LogP contribution in [0.2, 0.25) is 0 Å². The highest BCUT2D eigenvalue weighted by Crippen LogP contribution is 2.28. The van der Waals surface area contributed by atoms with E-state index in [0.717, 1.165) is 12.8 Å². The number of hydrogen-bond acceptors (Lipinski definition) is 4. The Morgan fingerprint density at radius 3 is 2.70 bits per heavy atom. The first-order chi connectivity index (χ1) is 10.8. The summed E-state index contributed by atoms with van der Waals surface area (Å²) < 4.78 is 46.4. The third-order valence-electron chi connectivity index (χ3n) is 3.86. The fourth-order valence-electron chi connectivity index (χ4n) is 2.70. The van der Waals surface area contributed by atoms with Gasteiger partial charge in [0.25, 0.3) is 0 Å². The van der Waals surface area contributed by atoms with Gasteiger partial charge in [-0.25, -0.2) is 17.5 Å². The Hall–Kier alpha value is -1.67. The number of halogens is 1. The summed E-state index contributed by atoms with van der Waals surface area (Å²) in [5.41, 5.74) is 0.333. The van der Waals surface area contributed by atoms with Gasteiger partial charge in [-0.05, 0) is 30.5 Å². The molecule has 2 atom stereocenters. The summed E-state index contributed by atoms with van der Waals surface area (Å²) in [5.74, 6) is -0.972. The molecule has 1 aromatic carbocycles. The fourth-order valence-corrected chi connectivity index (χ4v) is 4.21. The maximum atomic E-state index is 13.9. The maximum Gasteiger partial charge on any atom is 0.307 e. The first-order valence-corrected chi connectivity index (χ1v) is 8.87. The van der Waals surface area contributed by atoms with Crippen LogP contribution in [0.1, 0.15) is 31.2 Å². The molecule has 0 bridgehead atoms. The standard InChI is InChI=1S/C15H20FNO5S/c1-22-13-7-6-10(9-15(18)19)8-14(13)23(20,21)17-12-5-3-2-4-11(12)16/h6-8,11-12,17H,2-5,9H2,1H3,(H,18,19)/t11-,12-/m1/s1. The van der Waals surface area contributed by atoms with Crippen molar-refractivity contribution < 1.29 is 27.4 Å². The summed E-state index contributed by atoms with van der Waals surface area (Å²) in [5, 5.41) is 8.84. The predicted octanol–water partition coefficient (Wildman–Crippen LogP) is 1.88. The Bertz CT molecular complexity index is 676. The molecule has 8 heteroatoms. The molecule has 1 fully saturated rings. The average molecular weight is 345 g/mol. The zero-order valence-corrected chi connectivity index (χ0v) is 13.6. The molecule has 0 saturated heterocycles. The van der Waals surface area contributed by atoms with Crippen molar-refractivity contribution in [2.24, 2.45) is 0 Å². The average Bonchev–Trinajstić information content (AvgIpc) is 2.49. The highest BCUT2D eigenvalue weighted by molar-refractivity contribution is 7.89. The zero-order chi connectivity index (χ0) is 17.0. The van der Waals surface area contributed by atoms with Gasteiger partial charge >= 0.3 is 5.97 Å². The van der Waals surface area contributed by atoms with E-state index in [4.69, 9.17) is 9.84 Å². The van der Waals surface area contributed by atoms with Gasteiger partial charge in [0, 0.05) is 0 Å². The Kier molecular flexibility index (Phi) is 5.59. The molecule has 0 amide bonds. The van der Waals surface area contributed by atoms with Crippen molar-refractivity contribution in [1.82, 2.24) is 4.72 Å². The summed E-state index contributed by atoms with van der Waals surface area (Å²) in [7, 11) is -2.68. The van der Waals surface area contributed by atoms with Crippen molar-refractivity contribution in [3.8, 4) is 5.75 Å². The monoisotopic (exact) mass is 345 g/mol. The van der Waals surface area contributed by atoms with Gasteiger partial charge in [0.1, 0.15) is 16.8 Å². The molecule has 0 heterocycles. The number of benzene rings is 1. The third kappa shape index (κ3) is 4.42. The Labute approximate surface area is 134 Å². The van der Waals surface area contributed by atoms with Crippen LogP contribution in [0.25, 0.3) is 0 Å². The van der Waals surface area contributed by atoms with Gasteiger partial charge in [-0.15, -0.1) is 0 Å². The summed E-state index contributed by atoms with van der Waals surface area (Å²) in [6.45, 7) is 0. The second kappa shape index (κ2) is 7.27. The van der Waals surface area contributed by atoms with E-state index in [9.17, 15) is 17.6 Å². The van der Waals surface area contributed by atoms with Crippen molar-refractivity contribution in [2.75, 3.05) is 7.11 Å². The number of carbonyl (C=O) groups is 1. The van der Waals surface area contributed by atoms with Gasteiger partial charge in [-0.1, -0.05) is 18.9 Å². The van der Waals surface area contributed by atoms with Gasteiger partial charge < -0.3 is 9.84 Å². The minimum atomic E-state index is -4.00. The zero-order valence-electron chi connectivity index (χ0n) is 12.8. The van der Waals surface area contributed by atoms with Crippen LogP contribution >= 0.6 is 0 Å². The van der Waals surface area contributed by atoms with E-state index in [1.807, 2.05) is 0 Å². The summed E-state index contributed by atoms with van der Waals surface area (Å²) in [6.07, 6.45) is 0.773. The molecule has 0 aromatic heterocycles. The number of ether oxygens (including phenoxy) is 1. The van der Waals surface area contributed by atoms with E-state index in [2.05, 4.69) is 4.72 Å². The molecule has 1 aromatic rings. The van der Waals surface area contributed by atoms with E-state index in [1.165, 1.54) is 25.3 Å². The normalized spacial score (nSPS) is 21.8. The van der Waals surface area contributed by atoms with Crippen molar-refractivity contribution in [3.05, 3.63) is 23.8 Å². The van der Waals surface area contributed by atoms with Crippen LogP contribution in [0.4, 0.5) is 4.39 Å². The quantitative estimate of drug-likeness (QED) is 0.821. The molecule has 0 spiro atoms. The molecule has 0 aliphatic heterocycles. The topological polar surface area (TPSA) is 92.7 Å². The highest BCUT2D eigenvalue weighted by Gasteiger charge is 2.31. The molecule has 128 valence electrons.